The van der Waals surface area contributed by atoms with Crippen LogP contribution in [0.1, 0.15) is 25.7 Å². The van der Waals surface area contributed by atoms with E-state index in [9.17, 15) is 0 Å². The van der Waals surface area contributed by atoms with E-state index in [0.29, 0.717) is 0 Å². The average molecular weight is 225 g/mol. The molecule has 88 valence electrons. The van der Waals surface area contributed by atoms with Gasteiger partial charge < -0.3 is 4.90 Å². The van der Waals surface area contributed by atoms with Gasteiger partial charge in [-0.1, -0.05) is 49.2 Å². The Balaban J connectivity index is 2.03. The van der Waals surface area contributed by atoms with Gasteiger partial charge in [0.05, 0.1) is 0 Å². The van der Waals surface area contributed by atoms with Gasteiger partial charge in [0.25, 0.3) is 0 Å². The molecule has 1 heteroatoms. The number of benzene rings is 2. The van der Waals surface area contributed by atoms with E-state index in [4.69, 9.17) is 0 Å². The molecule has 2 aromatic rings. The predicted molar refractivity (Wildman–Crippen MR) is 74.6 cm³/mol. The average Bonchev–Trinajstić information content (AvgIpc) is 2.67. The molecule has 1 nitrogen and oxygen atoms in total. The van der Waals surface area contributed by atoms with Crippen molar-refractivity contribution in [3.63, 3.8) is 0 Å². The van der Waals surface area contributed by atoms with Crippen molar-refractivity contribution in [1.29, 1.82) is 0 Å². The van der Waals surface area contributed by atoms with Crippen LogP contribution in [-0.2, 0) is 0 Å². The summed E-state index contributed by atoms with van der Waals surface area (Å²) in [6, 6.07) is 15.4. The van der Waals surface area contributed by atoms with Crippen LogP contribution < -0.4 is 4.90 Å². The van der Waals surface area contributed by atoms with Crippen LogP contribution in [0.4, 0.5) is 5.69 Å². The van der Waals surface area contributed by atoms with Crippen molar-refractivity contribution in [2.75, 3.05) is 18.0 Å². The maximum Gasteiger partial charge on any atom is 0.0445 e. The SMILES string of the molecule is c1ccc2c(N3CCCCCC3)cccc2c1. The molecule has 0 radical (unpaired) electrons. The third kappa shape index (κ3) is 2.14. The molecule has 1 heterocycles. The first kappa shape index (κ1) is 10.6. The summed E-state index contributed by atoms with van der Waals surface area (Å²) in [5, 5.41) is 2.76. The minimum atomic E-state index is 1.22. The monoisotopic (exact) mass is 225 g/mol. The molecule has 0 N–H and O–H groups in total. The van der Waals surface area contributed by atoms with Crippen LogP contribution >= 0.6 is 0 Å². The van der Waals surface area contributed by atoms with Gasteiger partial charge in [0.1, 0.15) is 0 Å². The second-order valence-corrected chi connectivity index (χ2v) is 4.90. The normalized spacial score (nSPS) is 17.1. The Morgan fingerprint density at radius 1 is 0.706 bits per heavy atom. The van der Waals surface area contributed by atoms with Gasteiger partial charge in [-0.2, -0.15) is 0 Å². The molecule has 3 rings (SSSR count). The van der Waals surface area contributed by atoms with Gasteiger partial charge in [-0.3, -0.25) is 0 Å². The second-order valence-electron chi connectivity index (χ2n) is 4.90. The lowest BCUT2D eigenvalue weighted by molar-refractivity contribution is 0.726. The Morgan fingerprint density at radius 3 is 2.24 bits per heavy atom. The zero-order chi connectivity index (χ0) is 11.5. The summed E-state index contributed by atoms with van der Waals surface area (Å²) < 4.78 is 0. The molecule has 0 spiro atoms. The lowest BCUT2D eigenvalue weighted by Crippen LogP contribution is -2.23. The van der Waals surface area contributed by atoms with Gasteiger partial charge in [-0.05, 0) is 24.3 Å². The topological polar surface area (TPSA) is 3.24 Å². The van der Waals surface area contributed by atoms with Crippen molar-refractivity contribution in [3.8, 4) is 0 Å². The lowest BCUT2D eigenvalue weighted by Gasteiger charge is -2.24. The first-order valence-electron chi connectivity index (χ1n) is 6.68. The summed E-state index contributed by atoms with van der Waals surface area (Å²) in [6.07, 6.45) is 5.45. The quantitative estimate of drug-likeness (QED) is 0.702. The number of hydrogen-bond donors (Lipinski definition) is 0. The molecule has 0 aliphatic carbocycles. The Labute approximate surface area is 103 Å². The van der Waals surface area contributed by atoms with Crippen LogP contribution in [0.25, 0.3) is 10.8 Å². The minimum absolute atomic E-state index is 1.22. The largest absolute Gasteiger partial charge is 0.371 e. The molecular formula is C16H19N. The number of hydrogen-bond acceptors (Lipinski definition) is 1. The maximum atomic E-state index is 2.56. The highest BCUT2D eigenvalue weighted by Gasteiger charge is 2.11. The molecule has 1 saturated heterocycles. The summed E-state index contributed by atoms with van der Waals surface area (Å²) >= 11 is 0. The first-order chi connectivity index (χ1) is 8.45. The molecule has 2 aromatic carbocycles. The molecule has 0 amide bonds. The maximum absolute atomic E-state index is 2.56. The van der Waals surface area contributed by atoms with Crippen molar-refractivity contribution >= 4 is 16.5 Å². The lowest BCUT2D eigenvalue weighted by atomic mass is 10.1. The predicted octanol–water partition coefficient (Wildman–Crippen LogP) is 4.22. The van der Waals surface area contributed by atoms with Crippen molar-refractivity contribution in [2.24, 2.45) is 0 Å². The van der Waals surface area contributed by atoms with Crippen molar-refractivity contribution in [2.45, 2.75) is 25.7 Å². The van der Waals surface area contributed by atoms with Crippen LogP contribution in [0.5, 0.6) is 0 Å². The first-order valence-corrected chi connectivity index (χ1v) is 6.68. The Morgan fingerprint density at radius 2 is 1.41 bits per heavy atom. The van der Waals surface area contributed by atoms with Gasteiger partial charge in [0.2, 0.25) is 0 Å². The van der Waals surface area contributed by atoms with E-state index in [2.05, 4.69) is 47.4 Å². The Bertz CT molecular complexity index is 490. The smallest absolute Gasteiger partial charge is 0.0445 e. The van der Waals surface area contributed by atoms with Crippen LogP contribution in [0, 0.1) is 0 Å². The highest BCUT2D eigenvalue weighted by Crippen LogP contribution is 2.28. The van der Waals surface area contributed by atoms with Crippen LogP contribution in [-0.4, -0.2) is 13.1 Å². The summed E-state index contributed by atoms with van der Waals surface area (Å²) in [4.78, 5) is 2.56. The number of fused-ring (bicyclic) bond motifs is 1. The highest BCUT2D eigenvalue weighted by atomic mass is 15.1. The minimum Gasteiger partial charge on any atom is -0.371 e. The van der Waals surface area contributed by atoms with Gasteiger partial charge in [-0.15, -0.1) is 0 Å². The third-order valence-corrected chi connectivity index (χ3v) is 3.71. The van der Waals surface area contributed by atoms with E-state index in [1.165, 1.54) is 55.2 Å². The summed E-state index contributed by atoms with van der Waals surface area (Å²) in [5.41, 5.74) is 1.42. The van der Waals surface area contributed by atoms with Gasteiger partial charge in [0.15, 0.2) is 0 Å². The highest BCUT2D eigenvalue weighted by molar-refractivity contribution is 5.94. The molecule has 17 heavy (non-hydrogen) atoms. The van der Waals surface area contributed by atoms with Crippen molar-refractivity contribution in [1.82, 2.24) is 0 Å². The number of rotatable bonds is 1. The summed E-state index contributed by atoms with van der Waals surface area (Å²) in [7, 11) is 0. The van der Waals surface area contributed by atoms with Crippen molar-refractivity contribution in [3.05, 3.63) is 42.5 Å². The molecule has 1 fully saturated rings. The van der Waals surface area contributed by atoms with Crippen LogP contribution in [0.15, 0.2) is 42.5 Å². The van der Waals surface area contributed by atoms with E-state index in [1.54, 1.807) is 0 Å². The molecule has 0 bridgehead atoms. The number of nitrogens with zero attached hydrogens (tertiary/aromatic N) is 1. The fourth-order valence-corrected chi connectivity index (χ4v) is 2.80. The molecule has 0 saturated carbocycles. The van der Waals surface area contributed by atoms with E-state index >= 15 is 0 Å². The second kappa shape index (κ2) is 4.79. The van der Waals surface area contributed by atoms with E-state index in [1.807, 2.05) is 0 Å². The van der Waals surface area contributed by atoms with E-state index < -0.39 is 0 Å². The van der Waals surface area contributed by atoms with Gasteiger partial charge in [-0.25, -0.2) is 0 Å². The molecule has 1 aliphatic rings. The standard InChI is InChI=1S/C16H19N/c1-2-6-13-17(12-5-1)16-11-7-9-14-8-3-4-10-15(14)16/h3-4,7-11H,1-2,5-6,12-13H2. The molecular weight excluding hydrogens is 206 g/mol. The summed E-state index contributed by atoms with van der Waals surface area (Å²) in [5.74, 6) is 0. The molecule has 1 aliphatic heterocycles. The van der Waals surface area contributed by atoms with Gasteiger partial charge in [0, 0.05) is 24.2 Å². The molecule has 0 aromatic heterocycles. The summed E-state index contributed by atoms with van der Waals surface area (Å²) in [6.45, 7) is 2.43. The van der Waals surface area contributed by atoms with E-state index in [0.717, 1.165) is 0 Å². The molecule has 0 atom stereocenters. The fourth-order valence-electron chi connectivity index (χ4n) is 2.80. The zero-order valence-electron chi connectivity index (χ0n) is 10.2. The molecule has 0 unspecified atom stereocenters. The van der Waals surface area contributed by atoms with Crippen LogP contribution in [0.2, 0.25) is 0 Å². The van der Waals surface area contributed by atoms with Gasteiger partial charge >= 0.3 is 0 Å². The van der Waals surface area contributed by atoms with Crippen LogP contribution in [0.3, 0.4) is 0 Å². The zero-order valence-corrected chi connectivity index (χ0v) is 10.2. The Kier molecular flexibility index (Phi) is 3.00. The fraction of sp³-hybridized carbons (Fsp3) is 0.375. The third-order valence-electron chi connectivity index (χ3n) is 3.71. The Hall–Kier alpha value is -1.50. The number of anilines is 1. The van der Waals surface area contributed by atoms with E-state index in [-0.39, 0.29) is 0 Å². The van der Waals surface area contributed by atoms with Crippen molar-refractivity contribution < 1.29 is 0 Å².